The third kappa shape index (κ3) is 3.02. The summed E-state index contributed by atoms with van der Waals surface area (Å²) in [5.74, 6) is 1.00. The van der Waals surface area contributed by atoms with E-state index in [0.29, 0.717) is 0 Å². The van der Waals surface area contributed by atoms with E-state index in [1.807, 2.05) is 13.1 Å². The van der Waals surface area contributed by atoms with E-state index < -0.39 is 0 Å². The van der Waals surface area contributed by atoms with E-state index in [1.165, 1.54) is 5.56 Å². The zero-order valence-electron chi connectivity index (χ0n) is 11.9. The topological polar surface area (TPSA) is 63.8 Å². The van der Waals surface area contributed by atoms with Gasteiger partial charge in [0.05, 0.1) is 5.69 Å². The molecular formula is C15H20N4. The molecule has 0 radical (unpaired) electrons. The van der Waals surface area contributed by atoms with Gasteiger partial charge in [0.2, 0.25) is 5.95 Å². The lowest BCUT2D eigenvalue weighted by atomic mass is 9.86. The van der Waals surface area contributed by atoms with E-state index in [9.17, 15) is 0 Å². The Labute approximate surface area is 114 Å². The molecule has 1 aromatic heterocycles. The van der Waals surface area contributed by atoms with Crippen LogP contribution in [0, 0.1) is 0 Å². The van der Waals surface area contributed by atoms with E-state index in [4.69, 9.17) is 5.73 Å². The molecule has 0 spiro atoms. The molecule has 0 fully saturated rings. The molecule has 0 aliphatic heterocycles. The zero-order valence-corrected chi connectivity index (χ0v) is 11.9. The molecule has 4 nitrogen and oxygen atoms in total. The van der Waals surface area contributed by atoms with Gasteiger partial charge in [-0.2, -0.15) is 4.98 Å². The van der Waals surface area contributed by atoms with Gasteiger partial charge in [0.25, 0.3) is 0 Å². The Hall–Kier alpha value is -2.10. The van der Waals surface area contributed by atoms with Crippen LogP contribution in [0.15, 0.2) is 30.3 Å². The van der Waals surface area contributed by atoms with Gasteiger partial charge in [0.1, 0.15) is 5.82 Å². The van der Waals surface area contributed by atoms with Crippen LogP contribution in [-0.4, -0.2) is 17.0 Å². The summed E-state index contributed by atoms with van der Waals surface area (Å²) in [6.45, 7) is 6.59. The van der Waals surface area contributed by atoms with Crippen LogP contribution in [-0.2, 0) is 5.41 Å². The molecule has 0 saturated heterocycles. The van der Waals surface area contributed by atoms with E-state index in [2.05, 4.69) is 60.3 Å². The SMILES string of the molecule is CNc1cc(-c2ccc(C(C)(C)C)cc2)nc(N)n1. The molecule has 2 aromatic rings. The number of nitrogen functional groups attached to an aromatic ring is 1. The standard InChI is InChI=1S/C15H20N4/c1-15(2,3)11-7-5-10(6-8-11)12-9-13(17-4)19-14(16)18-12/h5-9H,1-4H3,(H3,16,17,18,19). The van der Waals surface area contributed by atoms with Crippen molar-refractivity contribution in [2.75, 3.05) is 18.1 Å². The quantitative estimate of drug-likeness (QED) is 0.866. The third-order valence-electron chi connectivity index (χ3n) is 3.05. The van der Waals surface area contributed by atoms with Crippen molar-refractivity contribution in [1.82, 2.24) is 9.97 Å². The van der Waals surface area contributed by atoms with Crippen molar-refractivity contribution < 1.29 is 0 Å². The molecular weight excluding hydrogens is 236 g/mol. The van der Waals surface area contributed by atoms with Crippen molar-refractivity contribution in [3.63, 3.8) is 0 Å². The number of rotatable bonds is 2. The average molecular weight is 256 g/mol. The molecule has 1 aromatic carbocycles. The van der Waals surface area contributed by atoms with Crippen LogP contribution in [0.5, 0.6) is 0 Å². The van der Waals surface area contributed by atoms with Crippen LogP contribution in [0.1, 0.15) is 26.3 Å². The van der Waals surface area contributed by atoms with Gasteiger partial charge in [0, 0.05) is 18.7 Å². The van der Waals surface area contributed by atoms with Crippen LogP contribution < -0.4 is 11.1 Å². The summed E-state index contributed by atoms with van der Waals surface area (Å²) in [5.41, 5.74) is 9.03. The van der Waals surface area contributed by atoms with Gasteiger partial charge < -0.3 is 11.1 Å². The molecule has 0 amide bonds. The first-order valence-electron chi connectivity index (χ1n) is 6.33. The highest BCUT2D eigenvalue weighted by atomic mass is 15.1. The van der Waals surface area contributed by atoms with E-state index in [-0.39, 0.29) is 11.4 Å². The zero-order chi connectivity index (χ0) is 14.0. The highest BCUT2D eigenvalue weighted by Gasteiger charge is 2.13. The Morgan fingerprint density at radius 2 is 1.68 bits per heavy atom. The third-order valence-corrected chi connectivity index (χ3v) is 3.05. The first-order valence-corrected chi connectivity index (χ1v) is 6.33. The fraction of sp³-hybridized carbons (Fsp3) is 0.333. The maximum atomic E-state index is 5.71. The van der Waals surface area contributed by atoms with Gasteiger partial charge in [-0.05, 0) is 11.0 Å². The minimum Gasteiger partial charge on any atom is -0.373 e. The molecule has 0 aliphatic carbocycles. The van der Waals surface area contributed by atoms with E-state index in [1.54, 1.807) is 0 Å². The fourth-order valence-electron chi connectivity index (χ4n) is 1.88. The first kappa shape index (κ1) is 13.3. The normalized spacial score (nSPS) is 11.4. The number of nitrogens with zero attached hydrogens (tertiary/aromatic N) is 2. The number of nitrogens with two attached hydrogens (primary N) is 1. The minimum absolute atomic E-state index is 0.152. The van der Waals surface area contributed by atoms with Crippen LogP contribution in [0.25, 0.3) is 11.3 Å². The monoisotopic (exact) mass is 256 g/mol. The largest absolute Gasteiger partial charge is 0.373 e. The summed E-state index contributed by atoms with van der Waals surface area (Å²) < 4.78 is 0. The van der Waals surface area contributed by atoms with Crippen molar-refractivity contribution >= 4 is 11.8 Å². The fourth-order valence-corrected chi connectivity index (χ4v) is 1.88. The second-order valence-corrected chi connectivity index (χ2v) is 5.57. The van der Waals surface area contributed by atoms with Crippen LogP contribution in [0.4, 0.5) is 11.8 Å². The lowest BCUT2D eigenvalue weighted by molar-refractivity contribution is 0.590. The number of nitrogens with one attached hydrogen (secondary N) is 1. The molecule has 0 saturated carbocycles. The Morgan fingerprint density at radius 3 is 2.21 bits per heavy atom. The van der Waals surface area contributed by atoms with Crippen molar-refractivity contribution in [2.45, 2.75) is 26.2 Å². The van der Waals surface area contributed by atoms with Crippen LogP contribution in [0.2, 0.25) is 0 Å². The number of anilines is 2. The molecule has 4 heteroatoms. The maximum Gasteiger partial charge on any atom is 0.222 e. The van der Waals surface area contributed by atoms with E-state index in [0.717, 1.165) is 17.1 Å². The van der Waals surface area contributed by atoms with Gasteiger partial charge in [0.15, 0.2) is 0 Å². The summed E-state index contributed by atoms with van der Waals surface area (Å²) >= 11 is 0. The molecule has 0 aliphatic rings. The Morgan fingerprint density at radius 1 is 1.05 bits per heavy atom. The number of benzene rings is 1. The highest BCUT2D eigenvalue weighted by Crippen LogP contribution is 2.26. The molecule has 2 rings (SSSR count). The number of hydrogen-bond donors (Lipinski definition) is 2. The molecule has 0 bridgehead atoms. The molecule has 100 valence electrons. The maximum absolute atomic E-state index is 5.71. The van der Waals surface area contributed by atoms with Crippen molar-refractivity contribution in [1.29, 1.82) is 0 Å². The lowest BCUT2D eigenvalue weighted by Crippen LogP contribution is -2.10. The summed E-state index contributed by atoms with van der Waals surface area (Å²) in [6, 6.07) is 10.3. The van der Waals surface area contributed by atoms with Gasteiger partial charge in [-0.15, -0.1) is 0 Å². The molecule has 0 unspecified atom stereocenters. The van der Waals surface area contributed by atoms with Gasteiger partial charge in [-0.1, -0.05) is 45.0 Å². The predicted octanol–water partition coefficient (Wildman–Crippen LogP) is 3.07. The summed E-state index contributed by atoms with van der Waals surface area (Å²) in [5, 5.41) is 2.98. The van der Waals surface area contributed by atoms with Gasteiger partial charge in [-0.3, -0.25) is 0 Å². The molecule has 3 N–H and O–H groups in total. The molecule has 0 atom stereocenters. The minimum atomic E-state index is 0.152. The smallest absolute Gasteiger partial charge is 0.222 e. The summed E-state index contributed by atoms with van der Waals surface area (Å²) in [7, 11) is 1.81. The van der Waals surface area contributed by atoms with E-state index >= 15 is 0 Å². The second-order valence-electron chi connectivity index (χ2n) is 5.57. The Balaban J connectivity index is 2.40. The number of hydrogen-bond acceptors (Lipinski definition) is 4. The van der Waals surface area contributed by atoms with Crippen molar-refractivity contribution in [3.05, 3.63) is 35.9 Å². The summed E-state index contributed by atoms with van der Waals surface area (Å²) in [4.78, 5) is 8.36. The lowest BCUT2D eigenvalue weighted by Gasteiger charge is -2.19. The average Bonchev–Trinajstić information content (AvgIpc) is 2.37. The number of aromatic nitrogens is 2. The molecule has 1 heterocycles. The highest BCUT2D eigenvalue weighted by molar-refractivity contribution is 5.64. The Bertz CT molecular complexity index is 568. The van der Waals surface area contributed by atoms with Crippen molar-refractivity contribution in [2.24, 2.45) is 0 Å². The Kier molecular flexibility index (Phi) is 3.42. The van der Waals surface area contributed by atoms with Gasteiger partial charge in [-0.25, -0.2) is 4.98 Å². The van der Waals surface area contributed by atoms with Crippen LogP contribution >= 0.6 is 0 Å². The molecule has 19 heavy (non-hydrogen) atoms. The first-order chi connectivity index (χ1) is 8.90. The van der Waals surface area contributed by atoms with Crippen molar-refractivity contribution in [3.8, 4) is 11.3 Å². The second kappa shape index (κ2) is 4.88. The van der Waals surface area contributed by atoms with Gasteiger partial charge >= 0.3 is 0 Å². The summed E-state index contributed by atoms with van der Waals surface area (Å²) in [6.07, 6.45) is 0. The predicted molar refractivity (Wildman–Crippen MR) is 80.1 cm³/mol. The van der Waals surface area contributed by atoms with Crippen LogP contribution in [0.3, 0.4) is 0 Å².